The fraction of sp³-hybridized carbons (Fsp3) is 0.0909. The normalized spacial score (nSPS) is 11.2. The summed E-state index contributed by atoms with van der Waals surface area (Å²) in [6.45, 7) is 4.35. The van der Waals surface area contributed by atoms with Crippen LogP contribution in [0.1, 0.15) is 11.1 Å². The Balaban J connectivity index is 2.24. The van der Waals surface area contributed by atoms with E-state index in [0.717, 1.165) is 0 Å². The molecule has 0 bridgehead atoms. The topological polar surface area (TPSA) is 0 Å². The van der Waals surface area contributed by atoms with Gasteiger partial charge in [-0.15, -0.1) is 0 Å². The maximum atomic E-state index is 2.30. The molecule has 22 heavy (non-hydrogen) atoms. The maximum absolute atomic E-state index is 2.30. The van der Waals surface area contributed by atoms with E-state index in [0.29, 0.717) is 0 Å². The quantitative estimate of drug-likeness (QED) is 0.360. The van der Waals surface area contributed by atoms with Gasteiger partial charge in [0.1, 0.15) is 0 Å². The molecule has 0 heterocycles. The maximum Gasteiger partial charge on any atom is -0.00242 e. The third-order valence-corrected chi connectivity index (χ3v) is 4.43. The van der Waals surface area contributed by atoms with E-state index in [1.165, 1.54) is 43.8 Å². The van der Waals surface area contributed by atoms with Crippen LogP contribution >= 0.6 is 0 Å². The molecule has 0 aliphatic rings. The predicted molar refractivity (Wildman–Crippen MR) is 96.4 cm³/mol. The van der Waals surface area contributed by atoms with Crippen LogP contribution in [-0.4, -0.2) is 0 Å². The van der Waals surface area contributed by atoms with Crippen LogP contribution in [0.3, 0.4) is 0 Å². The Morgan fingerprint density at radius 1 is 0.591 bits per heavy atom. The Hall–Kier alpha value is -2.60. The zero-order valence-corrected chi connectivity index (χ0v) is 12.9. The molecule has 0 saturated carbocycles. The summed E-state index contributed by atoms with van der Waals surface area (Å²) in [4.78, 5) is 0. The van der Waals surface area contributed by atoms with Crippen LogP contribution in [0.5, 0.6) is 0 Å². The van der Waals surface area contributed by atoms with Gasteiger partial charge in [0, 0.05) is 0 Å². The van der Waals surface area contributed by atoms with Gasteiger partial charge in [-0.1, -0.05) is 72.3 Å². The molecule has 0 heteroatoms. The summed E-state index contributed by atoms with van der Waals surface area (Å²) in [6.07, 6.45) is 0. The third-order valence-electron chi connectivity index (χ3n) is 4.43. The SMILES string of the molecule is Cc1ccc2c(-c3ccccc3C)c3ccccc3cc2c1. The molecule has 0 aliphatic carbocycles. The van der Waals surface area contributed by atoms with Crippen molar-refractivity contribution in [2.75, 3.05) is 0 Å². The zero-order valence-electron chi connectivity index (χ0n) is 12.9. The molecule has 0 aliphatic heterocycles. The largest absolute Gasteiger partial charge is 0.0620 e. The average molecular weight is 282 g/mol. The van der Waals surface area contributed by atoms with E-state index in [4.69, 9.17) is 0 Å². The van der Waals surface area contributed by atoms with Crippen molar-refractivity contribution in [3.05, 3.63) is 83.9 Å². The van der Waals surface area contributed by atoms with Crippen LogP contribution in [-0.2, 0) is 0 Å². The number of fused-ring (bicyclic) bond motifs is 2. The molecular weight excluding hydrogens is 264 g/mol. The highest BCUT2D eigenvalue weighted by Crippen LogP contribution is 2.37. The van der Waals surface area contributed by atoms with Gasteiger partial charge in [-0.2, -0.15) is 0 Å². The number of benzene rings is 4. The molecular formula is C22H18. The van der Waals surface area contributed by atoms with Gasteiger partial charge in [0.15, 0.2) is 0 Å². The van der Waals surface area contributed by atoms with Crippen molar-refractivity contribution in [2.45, 2.75) is 13.8 Å². The minimum atomic E-state index is 1.30. The summed E-state index contributed by atoms with van der Waals surface area (Å²) in [5.74, 6) is 0. The summed E-state index contributed by atoms with van der Waals surface area (Å²) < 4.78 is 0. The lowest BCUT2D eigenvalue weighted by Gasteiger charge is -2.14. The lowest BCUT2D eigenvalue weighted by molar-refractivity contribution is 1.47. The van der Waals surface area contributed by atoms with E-state index in [1.54, 1.807) is 0 Å². The van der Waals surface area contributed by atoms with Gasteiger partial charge in [-0.25, -0.2) is 0 Å². The van der Waals surface area contributed by atoms with Crippen LogP contribution in [0.15, 0.2) is 72.8 Å². The summed E-state index contributed by atoms with van der Waals surface area (Å²) >= 11 is 0. The first-order valence-corrected chi connectivity index (χ1v) is 7.72. The summed E-state index contributed by atoms with van der Waals surface area (Å²) in [6, 6.07) is 26.4. The second kappa shape index (κ2) is 4.99. The molecule has 106 valence electrons. The Morgan fingerprint density at radius 3 is 2.18 bits per heavy atom. The second-order valence-electron chi connectivity index (χ2n) is 6.01. The van der Waals surface area contributed by atoms with E-state index in [1.807, 2.05) is 0 Å². The summed E-state index contributed by atoms with van der Waals surface area (Å²) in [5, 5.41) is 5.28. The van der Waals surface area contributed by atoms with Crippen LogP contribution in [0, 0.1) is 13.8 Å². The molecule has 0 saturated heterocycles. The molecule has 0 unspecified atom stereocenters. The van der Waals surface area contributed by atoms with E-state index < -0.39 is 0 Å². The molecule has 0 radical (unpaired) electrons. The van der Waals surface area contributed by atoms with Gasteiger partial charge in [-0.3, -0.25) is 0 Å². The monoisotopic (exact) mass is 282 g/mol. The van der Waals surface area contributed by atoms with E-state index in [9.17, 15) is 0 Å². The molecule has 0 atom stereocenters. The van der Waals surface area contributed by atoms with Gasteiger partial charge in [0.2, 0.25) is 0 Å². The smallest absolute Gasteiger partial charge is 0.00242 e. The molecule has 0 N–H and O–H groups in total. The number of aryl methyl sites for hydroxylation is 2. The van der Waals surface area contributed by atoms with Gasteiger partial charge < -0.3 is 0 Å². The fourth-order valence-electron chi connectivity index (χ4n) is 3.34. The standard InChI is InChI=1S/C22H18/c1-15-11-12-21-18(13-15)14-17-8-4-6-10-20(17)22(21)19-9-5-3-7-16(19)2/h3-14H,1-2H3. The van der Waals surface area contributed by atoms with Crippen molar-refractivity contribution in [1.29, 1.82) is 0 Å². The fourth-order valence-corrected chi connectivity index (χ4v) is 3.34. The highest BCUT2D eigenvalue weighted by Gasteiger charge is 2.11. The molecule has 0 aromatic heterocycles. The summed E-state index contributed by atoms with van der Waals surface area (Å²) in [5.41, 5.74) is 5.30. The van der Waals surface area contributed by atoms with Gasteiger partial charge in [0.05, 0.1) is 0 Å². The van der Waals surface area contributed by atoms with E-state index >= 15 is 0 Å². The van der Waals surface area contributed by atoms with Crippen LogP contribution in [0.4, 0.5) is 0 Å². The van der Waals surface area contributed by atoms with E-state index in [-0.39, 0.29) is 0 Å². The highest BCUT2D eigenvalue weighted by molar-refractivity contribution is 6.13. The lowest BCUT2D eigenvalue weighted by Crippen LogP contribution is -1.88. The van der Waals surface area contributed by atoms with Crippen LogP contribution < -0.4 is 0 Å². The first-order valence-electron chi connectivity index (χ1n) is 7.72. The third kappa shape index (κ3) is 2.00. The van der Waals surface area contributed by atoms with Crippen molar-refractivity contribution in [3.63, 3.8) is 0 Å². The van der Waals surface area contributed by atoms with Crippen molar-refractivity contribution in [1.82, 2.24) is 0 Å². The first kappa shape index (κ1) is 13.1. The predicted octanol–water partition coefficient (Wildman–Crippen LogP) is 6.28. The van der Waals surface area contributed by atoms with Gasteiger partial charge in [-0.05, 0) is 58.1 Å². The highest BCUT2D eigenvalue weighted by atomic mass is 14.1. The molecule has 4 aromatic carbocycles. The molecule has 0 spiro atoms. The Labute approximate surface area is 131 Å². The Kier molecular flexibility index (Phi) is 2.97. The number of hydrogen-bond acceptors (Lipinski definition) is 0. The van der Waals surface area contributed by atoms with E-state index in [2.05, 4.69) is 86.6 Å². The molecule has 4 rings (SSSR count). The Morgan fingerprint density at radius 2 is 1.32 bits per heavy atom. The van der Waals surface area contributed by atoms with Crippen molar-refractivity contribution in [2.24, 2.45) is 0 Å². The van der Waals surface area contributed by atoms with Gasteiger partial charge in [0.25, 0.3) is 0 Å². The van der Waals surface area contributed by atoms with Crippen LogP contribution in [0.25, 0.3) is 32.7 Å². The molecule has 0 fully saturated rings. The zero-order chi connectivity index (χ0) is 15.1. The van der Waals surface area contributed by atoms with Crippen molar-refractivity contribution >= 4 is 21.5 Å². The van der Waals surface area contributed by atoms with Crippen molar-refractivity contribution < 1.29 is 0 Å². The second-order valence-corrected chi connectivity index (χ2v) is 6.01. The lowest BCUT2D eigenvalue weighted by atomic mass is 9.89. The average Bonchev–Trinajstić information content (AvgIpc) is 2.53. The minimum absolute atomic E-state index is 1.30. The Bertz CT molecular complexity index is 993. The van der Waals surface area contributed by atoms with Crippen molar-refractivity contribution in [3.8, 4) is 11.1 Å². The molecule has 4 aromatic rings. The first-order chi connectivity index (χ1) is 10.7. The molecule has 0 nitrogen and oxygen atoms in total. The minimum Gasteiger partial charge on any atom is -0.0620 e. The number of rotatable bonds is 1. The number of hydrogen-bond donors (Lipinski definition) is 0. The van der Waals surface area contributed by atoms with Crippen LogP contribution in [0.2, 0.25) is 0 Å². The summed E-state index contributed by atoms with van der Waals surface area (Å²) in [7, 11) is 0. The van der Waals surface area contributed by atoms with Gasteiger partial charge >= 0.3 is 0 Å². The molecule has 0 amide bonds.